The Balaban J connectivity index is 1.71. The molecule has 4 aromatic rings. The number of pyridine rings is 2. The quantitative estimate of drug-likeness (QED) is 0.540. The maximum Gasteiger partial charge on any atom is 0.137 e. The number of aromatic nitrogens is 4. The maximum absolute atomic E-state index is 11.0. The van der Waals surface area contributed by atoms with Crippen LogP contribution in [0, 0.1) is 6.92 Å². The van der Waals surface area contributed by atoms with E-state index in [0.717, 1.165) is 22.4 Å². The van der Waals surface area contributed by atoms with Crippen LogP contribution < -0.4 is 4.90 Å². The first-order valence-corrected chi connectivity index (χ1v) is 9.37. The molecule has 6 heteroatoms. The van der Waals surface area contributed by atoms with Crippen LogP contribution >= 0.6 is 0 Å². The molecule has 3 aromatic heterocycles. The minimum atomic E-state index is -0.699. The van der Waals surface area contributed by atoms with Crippen molar-refractivity contribution in [3.8, 4) is 11.3 Å². The van der Waals surface area contributed by atoms with Crippen molar-refractivity contribution in [2.45, 2.75) is 13.0 Å². The van der Waals surface area contributed by atoms with Gasteiger partial charge in [-0.2, -0.15) is 0 Å². The minimum absolute atomic E-state index is 0.311. The second-order valence-electron chi connectivity index (χ2n) is 6.67. The minimum Gasteiger partial charge on any atom is -0.387 e. The highest BCUT2D eigenvalue weighted by Gasteiger charge is 2.19. The highest BCUT2D eigenvalue weighted by molar-refractivity contribution is 5.63. The average Bonchev–Trinajstić information content (AvgIpc) is 2.79. The van der Waals surface area contributed by atoms with E-state index in [1.807, 2.05) is 72.5 Å². The molecular weight excluding hydrogens is 362 g/mol. The van der Waals surface area contributed by atoms with Crippen molar-refractivity contribution in [3.05, 3.63) is 96.7 Å². The van der Waals surface area contributed by atoms with Gasteiger partial charge >= 0.3 is 0 Å². The van der Waals surface area contributed by atoms with Crippen molar-refractivity contribution in [1.82, 2.24) is 19.9 Å². The first kappa shape index (κ1) is 18.7. The molecule has 0 fully saturated rings. The van der Waals surface area contributed by atoms with Crippen LogP contribution in [-0.2, 0) is 0 Å². The van der Waals surface area contributed by atoms with Crippen LogP contribution in [0.2, 0.25) is 0 Å². The highest BCUT2D eigenvalue weighted by Crippen LogP contribution is 2.28. The molecule has 144 valence electrons. The Morgan fingerprint density at radius 2 is 1.79 bits per heavy atom. The standard InChI is InChI=1S/C23H21N5O/c1-17-6-2-3-8-19(17)21(29)15-28(22-11-13-25-16-26-22)23-10-4-9-20(27-23)18-7-5-12-24-14-18/h2-14,16,21,29H,15H2,1H3. The van der Waals surface area contributed by atoms with Gasteiger partial charge in [0.15, 0.2) is 0 Å². The fourth-order valence-corrected chi connectivity index (χ4v) is 3.23. The number of rotatable bonds is 6. The molecule has 3 heterocycles. The lowest BCUT2D eigenvalue weighted by molar-refractivity contribution is 0.185. The number of nitrogens with zero attached hydrogens (tertiary/aromatic N) is 5. The number of aryl methyl sites for hydroxylation is 1. The summed E-state index contributed by atoms with van der Waals surface area (Å²) >= 11 is 0. The van der Waals surface area contributed by atoms with Crippen LogP contribution in [0.4, 0.5) is 11.6 Å². The van der Waals surface area contributed by atoms with Crippen LogP contribution in [-0.4, -0.2) is 31.6 Å². The molecule has 0 spiro atoms. The van der Waals surface area contributed by atoms with Crippen molar-refractivity contribution in [2.75, 3.05) is 11.4 Å². The topological polar surface area (TPSA) is 75.0 Å². The molecule has 4 rings (SSSR count). The summed E-state index contributed by atoms with van der Waals surface area (Å²) in [5.74, 6) is 1.36. The van der Waals surface area contributed by atoms with E-state index >= 15 is 0 Å². The number of anilines is 2. The summed E-state index contributed by atoms with van der Waals surface area (Å²) in [7, 11) is 0. The normalized spacial score (nSPS) is 11.8. The molecule has 6 nitrogen and oxygen atoms in total. The number of hydrogen-bond acceptors (Lipinski definition) is 6. The van der Waals surface area contributed by atoms with Crippen molar-refractivity contribution >= 4 is 11.6 Å². The Labute approximate surface area is 169 Å². The second kappa shape index (κ2) is 8.58. The molecule has 1 N–H and O–H groups in total. The summed E-state index contributed by atoms with van der Waals surface area (Å²) in [5.41, 5.74) is 3.66. The van der Waals surface area contributed by atoms with Gasteiger partial charge in [0.25, 0.3) is 0 Å². The first-order valence-electron chi connectivity index (χ1n) is 9.37. The van der Waals surface area contributed by atoms with E-state index in [1.165, 1.54) is 6.33 Å². The van der Waals surface area contributed by atoms with Crippen LogP contribution in [0.3, 0.4) is 0 Å². The van der Waals surface area contributed by atoms with Gasteiger partial charge in [-0.15, -0.1) is 0 Å². The number of hydrogen-bond donors (Lipinski definition) is 1. The smallest absolute Gasteiger partial charge is 0.137 e. The molecule has 1 aromatic carbocycles. The molecule has 1 atom stereocenters. The van der Waals surface area contributed by atoms with Gasteiger partial charge in [0.2, 0.25) is 0 Å². The van der Waals surface area contributed by atoms with Crippen molar-refractivity contribution in [3.63, 3.8) is 0 Å². The van der Waals surface area contributed by atoms with Gasteiger partial charge in [0, 0.05) is 24.2 Å². The molecular formula is C23H21N5O. The fourth-order valence-electron chi connectivity index (χ4n) is 3.23. The van der Waals surface area contributed by atoms with Gasteiger partial charge in [-0.25, -0.2) is 15.0 Å². The third kappa shape index (κ3) is 4.28. The molecule has 0 saturated carbocycles. The predicted molar refractivity (Wildman–Crippen MR) is 113 cm³/mol. The zero-order valence-corrected chi connectivity index (χ0v) is 16.1. The second-order valence-corrected chi connectivity index (χ2v) is 6.67. The van der Waals surface area contributed by atoms with E-state index in [0.29, 0.717) is 18.2 Å². The molecule has 0 saturated heterocycles. The van der Waals surface area contributed by atoms with Crippen molar-refractivity contribution < 1.29 is 5.11 Å². The summed E-state index contributed by atoms with van der Waals surface area (Å²) in [5, 5.41) is 11.0. The lowest BCUT2D eigenvalue weighted by Crippen LogP contribution is -2.26. The molecule has 0 radical (unpaired) electrons. The summed E-state index contributed by atoms with van der Waals surface area (Å²) in [6.07, 6.45) is 5.99. The Bertz CT molecular complexity index is 1070. The predicted octanol–water partition coefficient (Wildman–Crippen LogP) is 4.11. The van der Waals surface area contributed by atoms with E-state index in [1.54, 1.807) is 18.6 Å². The maximum atomic E-state index is 11.0. The van der Waals surface area contributed by atoms with Gasteiger partial charge in [0.1, 0.15) is 18.0 Å². The van der Waals surface area contributed by atoms with Crippen LogP contribution in [0.5, 0.6) is 0 Å². The summed E-state index contributed by atoms with van der Waals surface area (Å²) in [6.45, 7) is 2.31. The SMILES string of the molecule is Cc1ccccc1C(O)CN(c1ccncn1)c1cccc(-c2cccnc2)n1. The van der Waals surface area contributed by atoms with Gasteiger partial charge < -0.3 is 10.0 Å². The number of benzene rings is 1. The monoisotopic (exact) mass is 383 g/mol. The zero-order valence-electron chi connectivity index (χ0n) is 16.1. The first-order chi connectivity index (χ1) is 14.2. The Morgan fingerprint density at radius 3 is 2.55 bits per heavy atom. The highest BCUT2D eigenvalue weighted by atomic mass is 16.3. The summed E-state index contributed by atoms with van der Waals surface area (Å²) in [4.78, 5) is 19.3. The number of aliphatic hydroxyl groups is 1. The van der Waals surface area contributed by atoms with Crippen LogP contribution in [0.15, 0.2) is 85.6 Å². The van der Waals surface area contributed by atoms with Crippen molar-refractivity contribution in [2.24, 2.45) is 0 Å². The Morgan fingerprint density at radius 1 is 0.897 bits per heavy atom. The van der Waals surface area contributed by atoms with Crippen LogP contribution in [0.25, 0.3) is 11.3 Å². The average molecular weight is 383 g/mol. The van der Waals surface area contributed by atoms with Gasteiger partial charge in [-0.1, -0.05) is 30.3 Å². The largest absolute Gasteiger partial charge is 0.387 e. The summed E-state index contributed by atoms with van der Waals surface area (Å²) in [6, 6.07) is 19.3. The van der Waals surface area contributed by atoms with Crippen LogP contribution in [0.1, 0.15) is 17.2 Å². The summed E-state index contributed by atoms with van der Waals surface area (Å²) < 4.78 is 0. The van der Waals surface area contributed by atoms with E-state index < -0.39 is 6.10 Å². The van der Waals surface area contributed by atoms with E-state index in [-0.39, 0.29) is 0 Å². The Kier molecular flexibility index (Phi) is 5.54. The third-order valence-corrected chi connectivity index (χ3v) is 4.71. The molecule has 29 heavy (non-hydrogen) atoms. The number of aliphatic hydroxyl groups excluding tert-OH is 1. The molecule has 0 bridgehead atoms. The lowest BCUT2D eigenvalue weighted by atomic mass is 10.0. The zero-order chi connectivity index (χ0) is 20.1. The molecule has 0 aliphatic rings. The Hall–Kier alpha value is -3.64. The van der Waals surface area contributed by atoms with Crippen molar-refractivity contribution in [1.29, 1.82) is 0 Å². The molecule has 1 unspecified atom stereocenters. The molecule has 0 aliphatic heterocycles. The van der Waals surface area contributed by atoms with Gasteiger partial charge in [-0.3, -0.25) is 4.98 Å². The fraction of sp³-hybridized carbons (Fsp3) is 0.130. The van der Waals surface area contributed by atoms with Gasteiger partial charge in [-0.05, 0) is 48.4 Å². The van der Waals surface area contributed by atoms with E-state index in [4.69, 9.17) is 4.98 Å². The lowest BCUT2D eigenvalue weighted by Gasteiger charge is -2.26. The molecule has 0 amide bonds. The van der Waals surface area contributed by atoms with E-state index in [9.17, 15) is 5.11 Å². The van der Waals surface area contributed by atoms with E-state index in [2.05, 4.69) is 15.0 Å². The molecule has 0 aliphatic carbocycles. The van der Waals surface area contributed by atoms with Gasteiger partial charge in [0.05, 0.1) is 18.3 Å². The third-order valence-electron chi connectivity index (χ3n) is 4.71.